The first-order valence-electron chi connectivity index (χ1n) is 4.94. The van der Waals surface area contributed by atoms with E-state index < -0.39 is 12.0 Å². The number of carboxylic acid groups (broad SMARTS) is 1. The van der Waals surface area contributed by atoms with Crippen LogP contribution >= 0.6 is 0 Å². The second-order valence-corrected chi connectivity index (χ2v) is 3.91. The highest BCUT2D eigenvalue weighted by Crippen LogP contribution is 2.12. The number of aromatic nitrogens is 2. The second kappa shape index (κ2) is 4.78. The molecule has 1 aromatic rings. The van der Waals surface area contributed by atoms with Crippen LogP contribution in [0.1, 0.15) is 24.3 Å². The molecular formula is C10H15N3O3. The molecule has 0 aliphatic rings. The van der Waals surface area contributed by atoms with Gasteiger partial charge in [0.2, 0.25) is 0 Å². The molecule has 6 nitrogen and oxygen atoms in total. The van der Waals surface area contributed by atoms with Gasteiger partial charge in [0.25, 0.3) is 5.91 Å². The fourth-order valence-corrected chi connectivity index (χ4v) is 1.59. The van der Waals surface area contributed by atoms with Gasteiger partial charge in [0, 0.05) is 13.2 Å². The smallest absolute Gasteiger partial charge is 0.326 e. The predicted octanol–water partition coefficient (Wildman–Crippen LogP) is 0.591. The average molecular weight is 225 g/mol. The summed E-state index contributed by atoms with van der Waals surface area (Å²) in [6, 6.07) is 0.675. The molecule has 0 aliphatic carbocycles. The molecular weight excluding hydrogens is 210 g/mol. The summed E-state index contributed by atoms with van der Waals surface area (Å²) in [7, 11) is 1.47. The van der Waals surface area contributed by atoms with E-state index in [4.69, 9.17) is 5.11 Å². The molecule has 16 heavy (non-hydrogen) atoms. The van der Waals surface area contributed by atoms with E-state index in [0.29, 0.717) is 0 Å². The number of nitrogens with one attached hydrogen (secondary N) is 1. The molecule has 0 spiro atoms. The fourth-order valence-electron chi connectivity index (χ4n) is 1.59. The molecule has 88 valence electrons. The number of likely N-dealkylation sites (N-methyl/N-ethyl adjacent to an activating group) is 1. The van der Waals surface area contributed by atoms with Crippen LogP contribution in [0, 0.1) is 5.92 Å². The molecule has 1 heterocycles. The number of aliphatic carboxylic acids is 1. The summed E-state index contributed by atoms with van der Waals surface area (Å²) in [4.78, 5) is 24.1. The van der Waals surface area contributed by atoms with Gasteiger partial charge < -0.3 is 10.0 Å². The zero-order chi connectivity index (χ0) is 12.3. The number of H-pyrrole nitrogens is 1. The third-order valence-corrected chi connectivity index (χ3v) is 2.35. The third kappa shape index (κ3) is 2.39. The van der Waals surface area contributed by atoms with E-state index in [1.54, 1.807) is 13.8 Å². The molecule has 0 aromatic carbocycles. The zero-order valence-electron chi connectivity index (χ0n) is 9.47. The van der Waals surface area contributed by atoms with E-state index in [1.807, 2.05) is 0 Å². The Bertz CT molecular complexity index is 373. The SMILES string of the molecule is CC(C)C(C(=O)O)N(C)C(=O)c1ccn[nH]1. The lowest BCUT2D eigenvalue weighted by molar-refractivity contribution is -0.143. The molecule has 2 N–H and O–H groups in total. The maximum absolute atomic E-state index is 11.8. The van der Waals surface area contributed by atoms with Crippen molar-refractivity contribution in [3.63, 3.8) is 0 Å². The monoisotopic (exact) mass is 225 g/mol. The fraction of sp³-hybridized carbons (Fsp3) is 0.500. The first-order chi connectivity index (χ1) is 7.45. The Kier molecular flexibility index (Phi) is 3.65. The molecule has 0 radical (unpaired) electrons. The molecule has 1 aromatic heterocycles. The molecule has 1 rings (SSSR count). The van der Waals surface area contributed by atoms with Gasteiger partial charge in [-0.15, -0.1) is 0 Å². The summed E-state index contributed by atoms with van der Waals surface area (Å²) in [5.41, 5.74) is 0.286. The molecule has 0 saturated carbocycles. The van der Waals surface area contributed by atoms with Crippen LogP contribution in [0.5, 0.6) is 0 Å². The number of carbonyl (C=O) groups excluding carboxylic acids is 1. The van der Waals surface area contributed by atoms with Gasteiger partial charge >= 0.3 is 5.97 Å². The molecule has 1 amide bonds. The summed E-state index contributed by atoms with van der Waals surface area (Å²) in [5.74, 6) is -1.54. The Labute approximate surface area is 93.3 Å². The van der Waals surface area contributed by atoms with Crippen LogP contribution in [0.2, 0.25) is 0 Å². The quantitative estimate of drug-likeness (QED) is 0.785. The molecule has 0 fully saturated rings. The Morgan fingerprint density at radius 2 is 2.12 bits per heavy atom. The number of nitrogens with zero attached hydrogens (tertiary/aromatic N) is 2. The van der Waals surface area contributed by atoms with E-state index in [2.05, 4.69) is 10.2 Å². The van der Waals surface area contributed by atoms with Gasteiger partial charge in [-0.25, -0.2) is 4.79 Å². The van der Waals surface area contributed by atoms with Crippen LogP contribution in [0.4, 0.5) is 0 Å². The zero-order valence-corrected chi connectivity index (χ0v) is 9.47. The molecule has 0 aliphatic heterocycles. The van der Waals surface area contributed by atoms with Gasteiger partial charge in [-0.3, -0.25) is 9.89 Å². The Morgan fingerprint density at radius 3 is 2.50 bits per heavy atom. The van der Waals surface area contributed by atoms with Crippen molar-refractivity contribution in [3.8, 4) is 0 Å². The first-order valence-corrected chi connectivity index (χ1v) is 4.94. The summed E-state index contributed by atoms with van der Waals surface area (Å²) >= 11 is 0. The number of carbonyl (C=O) groups is 2. The highest BCUT2D eigenvalue weighted by molar-refractivity contribution is 5.94. The Morgan fingerprint density at radius 1 is 1.50 bits per heavy atom. The van der Waals surface area contributed by atoms with Crippen molar-refractivity contribution in [2.45, 2.75) is 19.9 Å². The van der Waals surface area contributed by atoms with Crippen molar-refractivity contribution in [1.29, 1.82) is 0 Å². The maximum Gasteiger partial charge on any atom is 0.326 e. The predicted molar refractivity (Wildman–Crippen MR) is 56.9 cm³/mol. The second-order valence-electron chi connectivity index (χ2n) is 3.91. The number of hydrogen-bond acceptors (Lipinski definition) is 3. The topological polar surface area (TPSA) is 86.3 Å². The maximum atomic E-state index is 11.8. The van der Waals surface area contributed by atoms with Crippen LogP contribution in [-0.2, 0) is 4.79 Å². The van der Waals surface area contributed by atoms with Crippen molar-refractivity contribution in [3.05, 3.63) is 18.0 Å². The highest BCUT2D eigenvalue weighted by atomic mass is 16.4. The number of amides is 1. The van der Waals surface area contributed by atoms with Gasteiger partial charge in [0.05, 0.1) is 0 Å². The lowest BCUT2D eigenvalue weighted by atomic mass is 10.0. The Hall–Kier alpha value is -1.85. The number of carboxylic acids is 1. The van der Waals surface area contributed by atoms with Gasteiger partial charge in [0.15, 0.2) is 0 Å². The van der Waals surface area contributed by atoms with Crippen molar-refractivity contribution >= 4 is 11.9 Å². The van der Waals surface area contributed by atoms with Gasteiger partial charge in [-0.05, 0) is 12.0 Å². The summed E-state index contributed by atoms with van der Waals surface area (Å²) in [5, 5.41) is 15.2. The number of hydrogen-bond donors (Lipinski definition) is 2. The van der Waals surface area contributed by atoms with Crippen LogP contribution in [-0.4, -0.2) is 45.2 Å². The van der Waals surface area contributed by atoms with Gasteiger partial charge in [-0.2, -0.15) is 5.10 Å². The summed E-state index contributed by atoms with van der Waals surface area (Å²) in [6.07, 6.45) is 1.45. The largest absolute Gasteiger partial charge is 0.480 e. The highest BCUT2D eigenvalue weighted by Gasteiger charge is 2.30. The summed E-state index contributed by atoms with van der Waals surface area (Å²) < 4.78 is 0. The van der Waals surface area contributed by atoms with Crippen LogP contribution in [0.3, 0.4) is 0 Å². The molecule has 0 bridgehead atoms. The van der Waals surface area contributed by atoms with E-state index >= 15 is 0 Å². The van der Waals surface area contributed by atoms with Crippen LogP contribution in [0.15, 0.2) is 12.3 Å². The lowest BCUT2D eigenvalue weighted by Crippen LogP contribution is -2.45. The van der Waals surface area contributed by atoms with Crippen molar-refractivity contribution in [1.82, 2.24) is 15.1 Å². The number of aromatic amines is 1. The molecule has 0 saturated heterocycles. The van der Waals surface area contributed by atoms with Crippen molar-refractivity contribution in [2.75, 3.05) is 7.05 Å². The standard InChI is InChI=1S/C10H15N3O3/c1-6(2)8(10(15)16)13(3)9(14)7-4-5-11-12-7/h4-6,8H,1-3H3,(H,11,12)(H,15,16). The molecule has 1 unspecified atom stereocenters. The van der Waals surface area contributed by atoms with E-state index in [1.165, 1.54) is 24.2 Å². The van der Waals surface area contributed by atoms with Crippen molar-refractivity contribution in [2.24, 2.45) is 5.92 Å². The normalized spacial score (nSPS) is 12.5. The van der Waals surface area contributed by atoms with Gasteiger partial charge in [0.1, 0.15) is 11.7 Å². The summed E-state index contributed by atoms with van der Waals surface area (Å²) in [6.45, 7) is 3.52. The van der Waals surface area contributed by atoms with E-state index in [9.17, 15) is 9.59 Å². The Balaban J connectivity index is 2.87. The third-order valence-electron chi connectivity index (χ3n) is 2.35. The van der Waals surface area contributed by atoms with Crippen LogP contribution < -0.4 is 0 Å². The lowest BCUT2D eigenvalue weighted by Gasteiger charge is -2.27. The number of rotatable bonds is 4. The minimum absolute atomic E-state index is 0.158. The van der Waals surface area contributed by atoms with Crippen LogP contribution in [0.25, 0.3) is 0 Å². The molecule has 1 atom stereocenters. The van der Waals surface area contributed by atoms with Crippen molar-refractivity contribution < 1.29 is 14.7 Å². The first kappa shape index (κ1) is 12.2. The minimum atomic E-state index is -1.01. The van der Waals surface area contributed by atoms with E-state index in [0.717, 1.165) is 0 Å². The van der Waals surface area contributed by atoms with Gasteiger partial charge in [-0.1, -0.05) is 13.8 Å². The average Bonchev–Trinajstić information content (AvgIpc) is 2.67. The minimum Gasteiger partial charge on any atom is -0.480 e. The molecule has 6 heteroatoms. The van der Waals surface area contributed by atoms with E-state index in [-0.39, 0.29) is 17.5 Å².